The summed E-state index contributed by atoms with van der Waals surface area (Å²) in [5.41, 5.74) is 5.02. The molecule has 2 heterocycles. The molecule has 4 rings (SSSR count). The molecule has 0 spiro atoms. The first kappa shape index (κ1) is 15.7. The van der Waals surface area contributed by atoms with E-state index < -0.39 is 0 Å². The van der Waals surface area contributed by atoms with Crippen LogP contribution in [0.5, 0.6) is 0 Å². The third-order valence-electron chi connectivity index (χ3n) is 4.75. The van der Waals surface area contributed by atoms with Gasteiger partial charge in [-0.05, 0) is 42.3 Å². The molecule has 1 aliphatic heterocycles. The average Bonchev–Trinajstić information content (AvgIpc) is 3.09. The first-order valence-electron chi connectivity index (χ1n) is 8.60. The van der Waals surface area contributed by atoms with Gasteiger partial charge in [-0.15, -0.1) is 0 Å². The highest BCUT2D eigenvalue weighted by Gasteiger charge is 2.21. The molecule has 3 aromatic rings. The number of hydrogen-bond acceptors (Lipinski definition) is 4. The fourth-order valence-electron chi connectivity index (χ4n) is 3.33. The van der Waals surface area contributed by atoms with Gasteiger partial charge >= 0.3 is 0 Å². The molecule has 5 heteroatoms. The molecule has 1 amide bonds. The molecule has 1 aromatic heterocycles. The zero-order chi connectivity index (χ0) is 17.2. The van der Waals surface area contributed by atoms with Gasteiger partial charge in [0.15, 0.2) is 12.0 Å². The number of carbonyl (C=O) groups is 1. The highest BCUT2D eigenvalue weighted by molar-refractivity contribution is 5.81. The van der Waals surface area contributed by atoms with E-state index in [1.807, 2.05) is 23.1 Å². The summed E-state index contributed by atoms with van der Waals surface area (Å²) < 4.78 is 5.32. The van der Waals surface area contributed by atoms with Crippen molar-refractivity contribution in [1.29, 1.82) is 0 Å². The van der Waals surface area contributed by atoms with Crippen LogP contribution >= 0.6 is 0 Å². The van der Waals surface area contributed by atoms with Gasteiger partial charge in [0.25, 0.3) is 0 Å². The maximum absolute atomic E-state index is 12.6. The minimum absolute atomic E-state index is 0.169. The normalized spacial score (nSPS) is 14.9. The van der Waals surface area contributed by atoms with Gasteiger partial charge in [0.1, 0.15) is 5.52 Å². The van der Waals surface area contributed by atoms with E-state index >= 15 is 0 Å². The van der Waals surface area contributed by atoms with Crippen LogP contribution in [0.2, 0.25) is 0 Å². The van der Waals surface area contributed by atoms with Crippen molar-refractivity contribution >= 4 is 22.7 Å². The van der Waals surface area contributed by atoms with Gasteiger partial charge in [0.05, 0.1) is 6.42 Å². The van der Waals surface area contributed by atoms with E-state index in [0.29, 0.717) is 6.42 Å². The van der Waals surface area contributed by atoms with E-state index in [9.17, 15) is 4.79 Å². The maximum Gasteiger partial charge on any atom is 0.227 e. The predicted molar refractivity (Wildman–Crippen MR) is 97.7 cm³/mol. The van der Waals surface area contributed by atoms with Crippen molar-refractivity contribution in [1.82, 2.24) is 9.88 Å². The minimum atomic E-state index is 0.169. The Morgan fingerprint density at radius 1 is 1.12 bits per heavy atom. The smallest absolute Gasteiger partial charge is 0.227 e. The summed E-state index contributed by atoms with van der Waals surface area (Å²) in [5, 5.41) is 0. The summed E-state index contributed by atoms with van der Waals surface area (Å²) in [6.07, 6.45) is 1.84. The zero-order valence-electron chi connectivity index (χ0n) is 14.3. The third kappa shape index (κ3) is 3.36. The van der Waals surface area contributed by atoms with Gasteiger partial charge in [0.2, 0.25) is 5.91 Å². The van der Waals surface area contributed by atoms with E-state index in [1.165, 1.54) is 17.6 Å². The highest BCUT2D eigenvalue weighted by atomic mass is 16.3. The molecule has 0 atom stereocenters. The zero-order valence-corrected chi connectivity index (χ0v) is 14.3. The SMILES string of the molecule is Cc1cccc(N2CCN(C(=O)Cc3ccc4ncoc4c3)CC2)c1. The van der Waals surface area contributed by atoms with E-state index in [2.05, 4.69) is 41.1 Å². The van der Waals surface area contributed by atoms with Gasteiger partial charge in [-0.2, -0.15) is 0 Å². The second-order valence-corrected chi connectivity index (χ2v) is 6.54. The summed E-state index contributed by atoms with van der Waals surface area (Å²) in [4.78, 5) is 21.0. The largest absolute Gasteiger partial charge is 0.443 e. The summed E-state index contributed by atoms with van der Waals surface area (Å²) in [5.74, 6) is 0.169. The Labute approximate surface area is 146 Å². The number of piperazine rings is 1. The number of anilines is 1. The summed E-state index contributed by atoms with van der Waals surface area (Å²) in [6, 6.07) is 14.3. The highest BCUT2D eigenvalue weighted by Crippen LogP contribution is 2.19. The Kier molecular flexibility index (Phi) is 4.14. The van der Waals surface area contributed by atoms with Crippen molar-refractivity contribution in [2.24, 2.45) is 0 Å². The second kappa shape index (κ2) is 6.59. The molecule has 25 heavy (non-hydrogen) atoms. The van der Waals surface area contributed by atoms with E-state index in [-0.39, 0.29) is 5.91 Å². The van der Waals surface area contributed by atoms with Crippen LogP contribution in [-0.2, 0) is 11.2 Å². The second-order valence-electron chi connectivity index (χ2n) is 6.54. The van der Waals surface area contributed by atoms with Crippen molar-refractivity contribution in [3.05, 3.63) is 60.0 Å². The van der Waals surface area contributed by atoms with Crippen LogP contribution in [0, 0.1) is 6.92 Å². The van der Waals surface area contributed by atoms with Crippen molar-refractivity contribution in [3.63, 3.8) is 0 Å². The van der Waals surface area contributed by atoms with Crippen molar-refractivity contribution in [2.75, 3.05) is 31.1 Å². The molecule has 0 bridgehead atoms. The van der Waals surface area contributed by atoms with Crippen LogP contribution in [0.3, 0.4) is 0 Å². The summed E-state index contributed by atoms with van der Waals surface area (Å²) in [7, 11) is 0. The number of aromatic nitrogens is 1. The van der Waals surface area contributed by atoms with E-state index in [0.717, 1.165) is 42.8 Å². The molecule has 128 valence electrons. The van der Waals surface area contributed by atoms with Gasteiger partial charge in [-0.1, -0.05) is 18.2 Å². The molecular formula is C20H21N3O2. The molecule has 1 saturated heterocycles. The van der Waals surface area contributed by atoms with Gasteiger partial charge < -0.3 is 14.2 Å². The lowest BCUT2D eigenvalue weighted by Gasteiger charge is -2.36. The number of benzene rings is 2. The summed E-state index contributed by atoms with van der Waals surface area (Å²) >= 11 is 0. The predicted octanol–water partition coefficient (Wildman–Crippen LogP) is 3.03. The molecule has 2 aromatic carbocycles. The first-order chi connectivity index (χ1) is 12.2. The number of nitrogens with zero attached hydrogens (tertiary/aromatic N) is 3. The van der Waals surface area contributed by atoms with Crippen LogP contribution in [0.4, 0.5) is 5.69 Å². The molecule has 0 aliphatic carbocycles. The average molecular weight is 335 g/mol. The summed E-state index contributed by atoms with van der Waals surface area (Å²) in [6.45, 7) is 5.37. The Hall–Kier alpha value is -2.82. The van der Waals surface area contributed by atoms with Crippen LogP contribution in [0.25, 0.3) is 11.1 Å². The fraction of sp³-hybridized carbons (Fsp3) is 0.300. The van der Waals surface area contributed by atoms with Crippen LogP contribution in [0.15, 0.2) is 53.3 Å². The molecule has 0 saturated carbocycles. The molecule has 5 nitrogen and oxygen atoms in total. The lowest BCUT2D eigenvalue weighted by molar-refractivity contribution is -0.130. The Morgan fingerprint density at radius 2 is 1.96 bits per heavy atom. The first-order valence-corrected chi connectivity index (χ1v) is 8.60. The molecular weight excluding hydrogens is 314 g/mol. The molecule has 0 N–H and O–H groups in total. The van der Waals surface area contributed by atoms with E-state index in [1.54, 1.807) is 0 Å². The monoisotopic (exact) mass is 335 g/mol. The standard InChI is InChI=1S/C20H21N3O2/c1-15-3-2-4-17(11-15)22-7-9-23(10-8-22)20(24)13-16-5-6-18-19(12-16)25-14-21-18/h2-6,11-12,14H,7-10,13H2,1H3. The van der Waals surface area contributed by atoms with Crippen LogP contribution in [-0.4, -0.2) is 42.0 Å². The van der Waals surface area contributed by atoms with Gasteiger partial charge in [0, 0.05) is 31.9 Å². The maximum atomic E-state index is 12.6. The number of rotatable bonds is 3. The Bertz CT molecular complexity index is 895. The topological polar surface area (TPSA) is 49.6 Å². The van der Waals surface area contributed by atoms with Crippen LogP contribution < -0.4 is 4.90 Å². The Balaban J connectivity index is 1.37. The number of amides is 1. The fourth-order valence-corrected chi connectivity index (χ4v) is 3.33. The third-order valence-corrected chi connectivity index (χ3v) is 4.75. The van der Waals surface area contributed by atoms with Crippen molar-refractivity contribution in [2.45, 2.75) is 13.3 Å². The van der Waals surface area contributed by atoms with Crippen molar-refractivity contribution < 1.29 is 9.21 Å². The lowest BCUT2D eigenvalue weighted by Crippen LogP contribution is -2.49. The number of carbonyl (C=O) groups excluding carboxylic acids is 1. The number of hydrogen-bond donors (Lipinski definition) is 0. The molecule has 0 radical (unpaired) electrons. The van der Waals surface area contributed by atoms with E-state index in [4.69, 9.17) is 4.42 Å². The molecule has 1 fully saturated rings. The number of aryl methyl sites for hydroxylation is 1. The lowest BCUT2D eigenvalue weighted by atomic mass is 10.1. The Morgan fingerprint density at radius 3 is 2.76 bits per heavy atom. The minimum Gasteiger partial charge on any atom is -0.443 e. The number of fused-ring (bicyclic) bond motifs is 1. The molecule has 0 unspecified atom stereocenters. The number of oxazole rings is 1. The molecule has 1 aliphatic rings. The van der Waals surface area contributed by atoms with Gasteiger partial charge in [-0.25, -0.2) is 4.98 Å². The quantitative estimate of drug-likeness (QED) is 0.738. The van der Waals surface area contributed by atoms with Gasteiger partial charge in [-0.3, -0.25) is 4.79 Å². The van der Waals surface area contributed by atoms with Crippen LogP contribution in [0.1, 0.15) is 11.1 Å². The van der Waals surface area contributed by atoms with Crippen molar-refractivity contribution in [3.8, 4) is 0 Å².